The number of rotatable bonds is 5. The molecule has 0 amide bonds. The minimum atomic E-state index is 0. The normalized spacial score (nSPS) is 9.05. The van der Waals surface area contributed by atoms with E-state index in [1.165, 1.54) is 0 Å². The highest BCUT2D eigenvalue weighted by molar-refractivity contribution is 5.85. The summed E-state index contributed by atoms with van der Waals surface area (Å²) >= 11 is 0. The fourth-order valence-electron chi connectivity index (χ4n) is 2.04. The van der Waals surface area contributed by atoms with Crippen molar-refractivity contribution in [3.05, 3.63) is 36.9 Å². The monoisotopic (exact) mass is 367 g/mol. The number of nitrogens with zero attached hydrogens (tertiary/aromatic N) is 3. The van der Waals surface area contributed by atoms with Crippen molar-refractivity contribution < 1.29 is 17.0 Å². The zero-order valence-corrected chi connectivity index (χ0v) is 15.4. The summed E-state index contributed by atoms with van der Waals surface area (Å²) in [5.41, 5.74) is 8.86. The summed E-state index contributed by atoms with van der Waals surface area (Å²) in [6.45, 7) is 1.89. The van der Waals surface area contributed by atoms with Gasteiger partial charge >= 0.3 is 0 Å². The number of halogens is 3. The molecule has 0 spiro atoms. The molecule has 0 radical (unpaired) electrons. The average Bonchev–Trinajstić information content (AvgIpc) is 2.81. The molecule has 5 nitrogen and oxygen atoms in total. The number of hydrogen-bond donors (Lipinski definition) is 2. The smallest absolute Gasteiger partial charge is 0.243 e. The first-order chi connectivity index (χ1) is 9.10. The lowest BCUT2D eigenvalue weighted by atomic mass is 10.2. The number of nitrogens with one attached hydrogen (secondary N) is 1. The summed E-state index contributed by atoms with van der Waals surface area (Å²) in [5, 5.41) is 3.07. The summed E-state index contributed by atoms with van der Waals surface area (Å²) in [6, 6.07) is 6.09. The second-order valence-electron chi connectivity index (χ2n) is 4.76. The minimum absolute atomic E-state index is 0. The van der Waals surface area contributed by atoms with Gasteiger partial charge in [-0.15, -0.1) is 24.8 Å². The molecule has 0 unspecified atom stereocenters. The quantitative estimate of drug-likeness (QED) is 0.521. The van der Waals surface area contributed by atoms with Gasteiger partial charge in [-0.1, -0.05) is 0 Å². The molecule has 0 aliphatic carbocycles. The Morgan fingerprint density at radius 3 is 2.50 bits per heavy atom. The number of nitrogen functional groups attached to an aromatic ring is 1. The highest BCUT2D eigenvalue weighted by Crippen LogP contribution is 2.24. The lowest BCUT2D eigenvalue weighted by Gasteiger charge is -2.19. The molecule has 8 heteroatoms. The third-order valence-corrected chi connectivity index (χ3v) is 3.26. The van der Waals surface area contributed by atoms with Gasteiger partial charge in [0.1, 0.15) is 18.9 Å². The molecule has 1 aromatic heterocycles. The first kappa shape index (κ1) is 23.0. The fraction of sp³-hybridized carbons (Fsp3) is 0.357. The molecule has 3 N–H and O–H groups in total. The number of imidazole rings is 1. The summed E-state index contributed by atoms with van der Waals surface area (Å²) < 4.78 is 4.21. The van der Waals surface area contributed by atoms with Gasteiger partial charge in [0.05, 0.1) is 25.0 Å². The molecule has 1 aromatic carbocycles. The van der Waals surface area contributed by atoms with Crippen LogP contribution >= 0.6 is 24.8 Å². The summed E-state index contributed by atoms with van der Waals surface area (Å²) in [7, 11) is 5.98. The Bertz CT molecular complexity index is 559. The Morgan fingerprint density at radius 2 is 2.00 bits per heavy atom. The third kappa shape index (κ3) is 5.83. The van der Waals surface area contributed by atoms with Gasteiger partial charge < -0.3 is 28.4 Å². The number of aromatic nitrogens is 2. The first-order valence-electron chi connectivity index (χ1n) is 6.39. The maximum atomic E-state index is 5.98. The van der Waals surface area contributed by atoms with Gasteiger partial charge in [0.15, 0.2) is 0 Å². The zero-order chi connectivity index (χ0) is 13.8. The molecule has 0 saturated heterocycles. The Labute approximate surface area is 150 Å². The van der Waals surface area contributed by atoms with Crippen LogP contribution in [0.15, 0.2) is 36.9 Å². The molecule has 22 heavy (non-hydrogen) atoms. The van der Waals surface area contributed by atoms with Crippen LogP contribution < -0.4 is 32.9 Å². The molecule has 2 rings (SSSR count). The maximum Gasteiger partial charge on any atom is 0.243 e. The second-order valence-corrected chi connectivity index (χ2v) is 4.76. The number of nitrogens with two attached hydrogens (primary N) is 1. The molecule has 0 saturated carbocycles. The number of benzene rings is 1. The van der Waals surface area contributed by atoms with Crippen LogP contribution in [0.1, 0.15) is 0 Å². The molecular weight excluding hydrogens is 345 g/mol. The van der Waals surface area contributed by atoms with Crippen molar-refractivity contribution in [3.63, 3.8) is 0 Å². The van der Waals surface area contributed by atoms with E-state index >= 15 is 0 Å². The van der Waals surface area contributed by atoms with Crippen molar-refractivity contribution in [1.82, 2.24) is 4.57 Å². The van der Waals surface area contributed by atoms with Crippen molar-refractivity contribution in [2.75, 3.05) is 36.6 Å². The van der Waals surface area contributed by atoms with Crippen LogP contribution in [0.5, 0.6) is 0 Å². The minimum Gasteiger partial charge on any atom is -1.00 e. The third-order valence-electron chi connectivity index (χ3n) is 3.26. The maximum absolute atomic E-state index is 5.98. The Hall–Kier alpha value is -1.30. The van der Waals surface area contributed by atoms with Crippen molar-refractivity contribution in [2.45, 2.75) is 6.54 Å². The molecular formula is C14H24Cl3N5. The lowest BCUT2D eigenvalue weighted by Crippen LogP contribution is -3.00. The van der Waals surface area contributed by atoms with Crippen molar-refractivity contribution >= 4 is 41.9 Å². The molecule has 0 fully saturated rings. The largest absolute Gasteiger partial charge is 1.00 e. The first-order valence-corrected chi connectivity index (χ1v) is 6.39. The molecule has 0 aliphatic rings. The van der Waals surface area contributed by atoms with E-state index in [1.807, 2.05) is 37.0 Å². The SMILES string of the molecule is CNc1ccc(N(C)CCn2cc[n+](C)c2)cc1N.Cl.Cl.[Cl-]. The standard InChI is InChI=1S/C14H22N5.3ClH/c1-16-14-5-4-12(10-13(14)15)18(3)7-9-19-8-6-17(2)11-19;;;/h4-6,8,10-11,16H,7,9,15H2,1-3H3;3*1H/q+1;;;/p-1. The number of hydrogen-bond acceptors (Lipinski definition) is 3. The van der Waals surface area contributed by atoms with E-state index < -0.39 is 0 Å². The highest BCUT2D eigenvalue weighted by Gasteiger charge is 2.06. The van der Waals surface area contributed by atoms with Gasteiger partial charge in [-0.3, -0.25) is 0 Å². The second kappa shape index (κ2) is 10.4. The van der Waals surface area contributed by atoms with Gasteiger partial charge in [0.2, 0.25) is 6.33 Å². The van der Waals surface area contributed by atoms with Crippen molar-refractivity contribution in [3.8, 4) is 0 Å². The Morgan fingerprint density at radius 1 is 1.32 bits per heavy atom. The number of aryl methyl sites for hydroxylation is 1. The Kier molecular flexibility index (Phi) is 10.9. The van der Waals surface area contributed by atoms with Crippen molar-refractivity contribution in [2.24, 2.45) is 7.05 Å². The van der Waals surface area contributed by atoms with E-state index in [0.717, 1.165) is 30.2 Å². The molecule has 2 aromatic rings. The van der Waals surface area contributed by atoms with E-state index in [9.17, 15) is 0 Å². The van der Waals surface area contributed by atoms with Crippen molar-refractivity contribution in [1.29, 1.82) is 0 Å². The van der Waals surface area contributed by atoms with Gasteiger partial charge in [-0.2, -0.15) is 0 Å². The van der Waals surface area contributed by atoms with Gasteiger partial charge in [0, 0.05) is 19.8 Å². The molecule has 126 valence electrons. The van der Waals surface area contributed by atoms with Gasteiger partial charge in [0.25, 0.3) is 0 Å². The average molecular weight is 369 g/mol. The predicted molar refractivity (Wildman–Crippen MR) is 93.8 cm³/mol. The number of likely N-dealkylation sites (N-methyl/N-ethyl adjacent to an activating group) is 1. The fourth-order valence-corrected chi connectivity index (χ4v) is 2.04. The molecule has 0 atom stereocenters. The molecule has 1 heterocycles. The summed E-state index contributed by atoms with van der Waals surface area (Å²) in [4.78, 5) is 2.20. The van der Waals surface area contributed by atoms with Crippen LogP contribution in [-0.4, -0.2) is 25.2 Å². The molecule has 0 bridgehead atoms. The Balaban J connectivity index is 0. The van der Waals surface area contributed by atoms with E-state index in [0.29, 0.717) is 0 Å². The zero-order valence-electron chi connectivity index (χ0n) is 13.0. The van der Waals surface area contributed by atoms with Crippen LogP contribution in [0.25, 0.3) is 0 Å². The van der Waals surface area contributed by atoms with Crippen LogP contribution in [0.4, 0.5) is 17.1 Å². The van der Waals surface area contributed by atoms with E-state index in [4.69, 9.17) is 5.73 Å². The van der Waals surface area contributed by atoms with E-state index in [1.54, 1.807) is 0 Å². The van der Waals surface area contributed by atoms with Gasteiger partial charge in [-0.25, -0.2) is 9.13 Å². The van der Waals surface area contributed by atoms with Gasteiger partial charge in [-0.05, 0) is 18.2 Å². The number of anilines is 3. The van der Waals surface area contributed by atoms with E-state index in [-0.39, 0.29) is 37.2 Å². The topological polar surface area (TPSA) is 50.1 Å². The summed E-state index contributed by atoms with van der Waals surface area (Å²) in [5.74, 6) is 0. The van der Waals surface area contributed by atoms with Crippen LogP contribution in [0.3, 0.4) is 0 Å². The van der Waals surface area contributed by atoms with Crippen LogP contribution in [0, 0.1) is 0 Å². The van der Waals surface area contributed by atoms with Crippen LogP contribution in [0.2, 0.25) is 0 Å². The highest BCUT2D eigenvalue weighted by atomic mass is 35.5. The predicted octanol–water partition coefficient (Wildman–Crippen LogP) is -1.08. The summed E-state index contributed by atoms with van der Waals surface area (Å²) in [6.07, 6.45) is 6.19. The van der Waals surface area contributed by atoms with Crippen LogP contribution in [-0.2, 0) is 13.6 Å². The lowest BCUT2D eigenvalue weighted by molar-refractivity contribution is -0.671. The molecule has 0 aliphatic heterocycles. The van der Waals surface area contributed by atoms with E-state index in [2.05, 4.69) is 40.4 Å².